The Kier molecular flexibility index (Phi) is 8.62. The molecule has 0 aliphatic carbocycles. The van der Waals surface area contributed by atoms with Gasteiger partial charge in [-0.25, -0.2) is 4.79 Å². The Morgan fingerprint density at radius 1 is 1.06 bits per heavy atom. The quantitative estimate of drug-likeness (QED) is 0.275. The molecule has 0 aliphatic heterocycles. The number of ether oxygens (including phenoxy) is 4. The van der Waals surface area contributed by atoms with Gasteiger partial charge in [-0.1, -0.05) is 6.58 Å². The number of hydrogen-bond donors (Lipinski definition) is 0. The van der Waals surface area contributed by atoms with Crippen molar-refractivity contribution in [2.45, 2.75) is 53.3 Å². The highest BCUT2D eigenvalue weighted by Crippen LogP contribution is 2.04. The van der Waals surface area contributed by atoms with Gasteiger partial charge in [-0.05, 0) is 34.6 Å². The summed E-state index contributed by atoms with van der Waals surface area (Å²) < 4.78 is 21.0. The van der Waals surface area contributed by atoms with E-state index < -0.39 is 12.3 Å². The zero-order valence-electron chi connectivity index (χ0n) is 11.9. The van der Waals surface area contributed by atoms with Crippen LogP contribution in [0.25, 0.3) is 0 Å². The van der Waals surface area contributed by atoms with Crippen LogP contribution in [0.4, 0.5) is 0 Å². The van der Waals surface area contributed by atoms with Crippen LogP contribution in [0.5, 0.6) is 0 Å². The van der Waals surface area contributed by atoms with Crippen LogP contribution in [0.2, 0.25) is 0 Å². The SMILES string of the molecule is C=C(C)C(=O)OCCOC(C)OC(C)OC(C)C. The maximum Gasteiger partial charge on any atom is 0.333 e. The molecule has 0 heterocycles. The lowest BCUT2D eigenvalue weighted by molar-refractivity contribution is -0.242. The lowest BCUT2D eigenvalue weighted by Gasteiger charge is -2.21. The van der Waals surface area contributed by atoms with Crippen LogP contribution in [0.15, 0.2) is 12.2 Å². The monoisotopic (exact) mass is 260 g/mol. The largest absolute Gasteiger partial charge is 0.460 e. The first-order valence-electron chi connectivity index (χ1n) is 6.08. The van der Waals surface area contributed by atoms with Gasteiger partial charge < -0.3 is 18.9 Å². The third kappa shape index (κ3) is 9.15. The van der Waals surface area contributed by atoms with Crippen molar-refractivity contribution in [2.75, 3.05) is 13.2 Å². The molecule has 2 unspecified atom stereocenters. The highest BCUT2D eigenvalue weighted by Gasteiger charge is 2.11. The minimum absolute atomic E-state index is 0.101. The predicted molar refractivity (Wildman–Crippen MR) is 68.0 cm³/mol. The molecule has 0 N–H and O–H groups in total. The Morgan fingerprint density at radius 2 is 1.67 bits per heavy atom. The molecular formula is C13H24O5. The average Bonchev–Trinajstić information content (AvgIpc) is 2.22. The molecule has 0 bridgehead atoms. The Balaban J connectivity index is 3.62. The molecule has 0 aromatic carbocycles. The van der Waals surface area contributed by atoms with Crippen molar-refractivity contribution in [3.8, 4) is 0 Å². The van der Waals surface area contributed by atoms with Crippen molar-refractivity contribution in [2.24, 2.45) is 0 Å². The van der Waals surface area contributed by atoms with E-state index in [0.29, 0.717) is 5.57 Å². The second-order valence-corrected chi connectivity index (χ2v) is 4.24. The fourth-order valence-corrected chi connectivity index (χ4v) is 1.20. The normalized spacial score (nSPS) is 14.3. The van der Waals surface area contributed by atoms with Gasteiger partial charge in [0, 0.05) is 5.57 Å². The second kappa shape index (κ2) is 9.08. The first-order valence-corrected chi connectivity index (χ1v) is 6.08. The minimum atomic E-state index is -0.415. The Morgan fingerprint density at radius 3 is 2.17 bits per heavy atom. The summed E-state index contributed by atoms with van der Waals surface area (Å²) in [5, 5.41) is 0. The van der Waals surface area contributed by atoms with E-state index in [2.05, 4.69) is 6.58 Å². The molecule has 106 valence electrons. The molecule has 0 amide bonds. The van der Waals surface area contributed by atoms with Gasteiger partial charge in [-0.3, -0.25) is 0 Å². The summed E-state index contributed by atoms with van der Waals surface area (Å²) in [5.74, 6) is -0.413. The fourth-order valence-electron chi connectivity index (χ4n) is 1.20. The van der Waals surface area contributed by atoms with Gasteiger partial charge in [0.15, 0.2) is 12.6 Å². The summed E-state index contributed by atoms with van der Waals surface area (Å²) in [6, 6.07) is 0. The first-order chi connectivity index (χ1) is 8.32. The van der Waals surface area contributed by atoms with Crippen molar-refractivity contribution in [1.29, 1.82) is 0 Å². The Labute approximate surface area is 109 Å². The van der Waals surface area contributed by atoms with Crippen LogP contribution in [0.3, 0.4) is 0 Å². The van der Waals surface area contributed by atoms with Gasteiger partial charge in [-0.2, -0.15) is 0 Å². The summed E-state index contributed by atoms with van der Waals surface area (Å²) in [7, 11) is 0. The molecule has 0 rings (SSSR count). The average molecular weight is 260 g/mol. The van der Waals surface area contributed by atoms with Gasteiger partial charge in [0.05, 0.1) is 12.7 Å². The number of carbonyl (C=O) groups is 1. The third-order valence-electron chi connectivity index (χ3n) is 1.86. The molecule has 0 radical (unpaired) electrons. The van der Waals surface area contributed by atoms with E-state index in [4.69, 9.17) is 18.9 Å². The van der Waals surface area contributed by atoms with Crippen LogP contribution in [0.1, 0.15) is 34.6 Å². The van der Waals surface area contributed by atoms with Crippen molar-refractivity contribution >= 4 is 5.97 Å². The standard InChI is InChI=1S/C13H24O5/c1-9(2)13(14)16-8-7-15-11(5)18-12(6)17-10(3)4/h10-12H,1,7-8H2,2-6H3. The molecule has 5 heteroatoms. The topological polar surface area (TPSA) is 54.0 Å². The molecule has 0 saturated heterocycles. The van der Waals surface area contributed by atoms with Crippen molar-refractivity contribution in [3.63, 3.8) is 0 Å². The van der Waals surface area contributed by atoms with E-state index >= 15 is 0 Å². The van der Waals surface area contributed by atoms with Crippen molar-refractivity contribution in [1.82, 2.24) is 0 Å². The van der Waals surface area contributed by atoms with E-state index in [-0.39, 0.29) is 25.6 Å². The highest BCUT2D eigenvalue weighted by atomic mass is 16.8. The number of hydrogen-bond acceptors (Lipinski definition) is 5. The highest BCUT2D eigenvalue weighted by molar-refractivity contribution is 5.86. The van der Waals surface area contributed by atoms with Crippen LogP contribution in [0, 0.1) is 0 Å². The molecule has 0 aromatic heterocycles. The van der Waals surface area contributed by atoms with Crippen molar-refractivity contribution < 1.29 is 23.7 Å². The number of esters is 1. The molecule has 5 nitrogen and oxygen atoms in total. The first kappa shape index (κ1) is 17.1. The van der Waals surface area contributed by atoms with Crippen molar-refractivity contribution in [3.05, 3.63) is 12.2 Å². The molecular weight excluding hydrogens is 236 g/mol. The molecule has 0 fully saturated rings. The Bertz CT molecular complexity index is 262. The lowest BCUT2D eigenvalue weighted by atomic mass is 10.4. The smallest absolute Gasteiger partial charge is 0.333 e. The Hall–Kier alpha value is -0.910. The summed E-state index contributed by atoms with van der Waals surface area (Å²) in [4.78, 5) is 11.1. The van der Waals surface area contributed by atoms with Crippen LogP contribution < -0.4 is 0 Å². The zero-order valence-corrected chi connectivity index (χ0v) is 11.9. The molecule has 18 heavy (non-hydrogen) atoms. The summed E-state index contributed by atoms with van der Waals surface area (Å²) in [6.07, 6.45) is -0.649. The zero-order chi connectivity index (χ0) is 14.1. The minimum Gasteiger partial charge on any atom is -0.460 e. The molecule has 0 aromatic rings. The maximum absolute atomic E-state index is 11.1. The predicted octanol–water partition coefficient (Wildman–Crippen LogP) is 2.26. The summed E-state index contributed by atoms with van der Waals surface area (Å²) >= 11 is 0. The maximum atomic E-state index is 11.1. The van der Waals surface area contributed by atoms with E-state index in [1.165, 1.54) is 0 Å². The molecule has 0 spiro atoms. The molecule has 2 atom stereocenters. The number of rotatable bonds is 9. The summed E-state index contributed by atoms with van der Waals surface area (Å²) in [6.45, 7) is 13.0. The second-order valence-electron chi connectivity index (χ2n) is 4.24. The lowest BCUT2D eigenvalue weighted by Crippen LogP contribution is -2.25. The van der Waals surface area contributed by atoms with Crippen LogP contribution in [-0.4, -0.2) is 37.9 Å². The van der Waals surface area contributed by atoms with E-state index in [1.807, 2.05) is 13.8 Å². The van der Waals surface area contributed by atoms with E-state index in [1.54, 1.807) is 20.8 Å². The van der Waals surface area contributed by atoms with E-state index in [0.717, 1.165) is 0 Å². The number of carbonyl (C=O) groups excluding carboxylic acids is 1. The van der Waals surface area contributed by atoms with Crippen LogP contribution in [-0.2, 0) is 23.7 Å². The van der Waals surface area contributed by atoms with E-state index in [9.17, 15) is 4.79 Å². The molecule has 0 saturated carbocycles. The van der Waals surface area contributed by atoms with Gasteiger partial charge in [0.1, 0.15) is 6.61 Å². The van der Waals surface area contributed by atoms with Gasteiger partial charge in [-0.15, -0.1) is 0 Å². The fraction of sp³-hybridized carbons (Fsp3) is 0.769. The van der Waals surface area contributed by atoms with Gasteiger partial charge in [0.25, 0.3) is 0 Å². The molecule has 0 aliphatic rings. The van der Waals surface area contributed by atoms with Crippen LogP contribution >= 0.6 is 0 Å². The third-order valence-corrected chi connectivity index (χ3v) is 1.86. The van der Waals surface area contributed by atoms with Gasteiger partial charge >= 0.3 is 5.97 Å². The summed E-state index contributed by atoms with van der Waals surface area (Å²) in [5.41, 5.74) is 0.373. The van der Waals surface area contributed by atoms with Gasteiger partial charge in [0.2, 0.25) is 0 Å².